The van der Waals surface area contributed by atoms with Gasteiger partial charge in [0.25, 0.3) is 5.91 Å². The van der Waals surface area contributed by atoms with Gasteiger partial charge in [0.05, 0.1) is 4.88 Å². The van der Waals surface area contributed by atoms with Crippen LogP contribution in [-0.2, 0) is 17.6 Å². The predicted octanol–water partition coefficient (Wildman–Crippen LogP) is 3.35. The quantitative estimate of drug-likeness (QED) is 0.822. The average molecular weight is 349 g/mol. The zero-order valence-electron chi connectivity index (χ0n) is 14.8. The number of likely N-dealkylation sites (tertiary alicyclic amines) is 1. The monoisotopic (exact) mass is 348 g/mol. The van der Waals surface area contributed by atoms with Crippen LogP contribution in [0.4, 0.5) is 0 Å². The number of aryl methyl sites for hydroxylation is 2. The van der Waals surface area contributed by atoms with E-state index in [4.69, 9.17) is 0 Å². The Labute approximate surface area is 148 Å². The van der Waals surface area contributed by atoms with E-state index in [9.17, 15) is 9.59 Å². The molecule has 1 aliphatic heterocycles. The molecule has 5 heteroatoms. The Balaban J connectivity index is 1.63. The molecule has 0 bridgehead atoms. The molecule has 24 heavy (non-hydrogen) atoms. The maximum absolute atomic E-state index is 12.8. The van der Waals surface area contributed by atoms with Crippen LogP contribution in [0.2, 0.25) is 0 Å². The molecule has 1 fully saturated rings. The Hall–Kier alpha value is -1.36. The SMILES string of the molecule is CN(C)C(=O)C1CCN(C(=O)c2cc3c(s2)CCCCCC3)CC1. The lowest BCUT2D eigenvalue weighted by Gasteiger charge is -2.32. The molecule has 0 unspecified atom stereocenters. The molecule has 1 saturated heterocycles. The summed E-state index contributed by atoms with van der Waals surface area (Å²) in [5.41, 5.74) is 1.40. The summed E-state index contributed by atoms with van der Waals surface area (Å²) >= 11 is 1.71. The maximum atomic E-state index is 12.8. The first kappa shape index (κ1) is 17.5. The third-order valence-corrected chi connectivity index (χ3v) is 6.50. The van der Waals surface area contributed by atoms with Crippen LogP contribution in [0, 0.1) is 5.92 Å². The van der Waals surface area contributed by atoms with E-state index in [-0.39, 0.29) is 17.7 Å². The lowest BCUT2D eigenvalue weighted by molar-refractivity contribution is -0.134. The summed E-state index contributed by atoms with van der Waals surface area (Å²) in [6, 6.07) is 2.14. The predicted molar refractivity (Wildman–Crippen MR) is 97.5 cm³/mol. The topological polar surface area (TPSA) is 40.6 Å². The van der Waals surface area contributed by atoms with Crippen LogP contribution in [0.3, 0.4) is 0 Å². The number of thiophene rings is 1. The van der Waals surface area contributed by atoms with Crippen molar-refractivity contribution >= 4 is 23.2 Å². The second-order valence-electron chi connectivity index (χ2n) is 7.27. The van der Waals surface area contributed by atoms with E-state index in [1.54, 1.807) is 30.3 Å². The molecule has 0 spiro atoms. The van der Waals surface area contributed by atoms with E-state index >= 15 is 0 Å². The van der Waals surface area contributed by atoms with Crippen LogP contribution < -0.4 is 0 Å². The number of hydrogen-bond acceptors (Lipinski definition) is 3. The molecule has 0 atom stereocenters. The minimum Gasteiger partial charge on any atom is -0.349 e. The molecule has 2 aliphatic rings. The van der Waals surface area contributed by atoms with Gasteiger partial charge in [-0.3, -0.25) is 9.59 Å². The van der Waals surface area contributed by atoms with E-state index < -0.39 is 0 Å². The number of carbonyl (C=O) groups is 2. The van der Waals surface area contributed by atoms with Gasteiger partial charge in [0.2, 0.25) is 5.91 Å². The molecule has 1 aliphatic carbocycles. The second kappa shape index (κ2) is 7.68. The largest absolute Gasteiger partial charge is 0.349 e. The number of hydrogen-bond donors (Lipinski definition) is 0. The van der Waals surface area contributed by atoms with Crippen molar-refractivity contribution in [3.63, 3.8) is 0 Å². The summed E-state index contributed by atoms with van der Waals surface area (Å²) in [5, 5.41) is 0. The van der Waals surface area contributed by atoms with E-state index in [1.165, 1.54) is 36.1 Å². The minimum atomic E-state index is 0.0765. The maximum Gasteiger partial charge on any atom is 0.263 e. The van der Waals surface area contributed by atoms with E-state index in [0.29, 0.717) is 13.1 Å². The van der Waals surface area contributed by atoms with Gasteiger partial charge >= 0.3 is 0 Å². The summed E-state index contributed by atoms with van der Waals surface area (Å²) in [5.74, 6) is 0.441. The average Bonchev–Trinajstić information content (AvgIpc) is 2.95. The number of nitrogens with zero attached hydrogens (tertiary/aromatic N) is 2. The highest BCUT2D eigenvalue weighted by Crippen LogP contribution is 2.30. The van der Waals surface area contributed by atoms with Crippen molar-refractivity contribution in [3.05, 3.63) is 21.4 Å². The molecule has 1 aromatic heterocycles. The van der Waals surface area contributed by atoms with E-state index in [1.807, 2.05) is 4.90 Å². The highest BCUT2D eigenvalue weighted by molar-refractivity contribution is 7.14. The van der Waals surface area contributed by atoms with Crippen molar-refractivity contribution in [2.45, 2.75) is 51.4 Å². The van der Waals surface area contributed by atoms with Crippen molar-refractivity contribution in [1.82, 2.24) is 9.80 Å². The van der Waals surface area contributed by atoms with Crippen LogP contribution in [0.5, 0.6) is 0 Å². The van der Waals surface area contributed by atoms with Gasteiger partial charge in [0.15, 0.2) is 0 Å². The Bertz CT molecular complexity index is 575. The highest BCUT2D eigenvalue weighted by Gasteiger charge is 2.29. The van der Waals surface area contributed by atoms with Gasteiger partial charge in [0.1, 0.15) is 0 Å². The summed E-state index contributed by atoms with van der Waals surface area (Å²) in [6.07, 6.45) is 8.95. The van der Waals surface area contributed by atoms with E-state index in [2.05, 4.69) is 6.07 Å². The fraction of sp³-hybridized carbons (Fsp3) is 0.684. The first-order valence-electron chi connectivity index (χ1n) is 9.18. The molecule has 0 aromatic carbocycles. The van der Waals surface area contributed by atoms with Gasteiger partial charge in [-0.25, -0.2) is 0 Å². The standard InChI is InChI=1S/C19H28N2O2S/c1-20(2)18(22)14-9-11-21(12-10-14)19(23)17-13-15-7-5-3-4-6-8-16(15)24-17/h13-14H,3-12H2,1-2H3. The van der Waals surface area contributed by atoms with Crippen molar-refractivity contribution in [2.24, 2.45) is 5.92 Å². The summed E-state index contributed by atoms with van der Waals surface area (Å²) in [6.45, 7) is 1.40. The van der Waals surface area contributed by atoms with Crippen molar-refractivity contribution in [2.75, 3.05) is 27.2 Å². The number of rotatable bonds is 2. The third kappa shape index (κ3) is 3.82. The van der Waals surface area contributed by atoms with Crippen molar-refractivity contribution in [3.8, 4) is 0 Å². The molecular formula is C19H28N2O2S. The van der Waals surface area contributed by atoms with Crippen LogP contribution in [0.25, 0.3) is 0 Å². The zero-order chi connectivity index (χ0) is 17.1. The normalized spacial score (nSPS) is 19.3. The fourth-order valence-corrected chi connectivity index (χ4v) is 5.02. The summed E-state index contributed by atoms with van der Waals surface area (Å²) in [7, 11) is 3.61. The van der Waals surface area contributed by atoms with Crippen LogP contribution in [0.15, 0.2) is 6.07 Å². The molecule has 0 radical (unpaired) electrons. The molecule has 1 aromatic rings. The first-order valence-corrected chi connectivity index (χ1v) is 10.00. The first-order chi connectivity index (χ1) is 11.6. The molecule has 2 heterocycles. The number of carbonyl (C=O) groups excluding carboxylic acids is 2. The van der Waals surface area contributed by atoms with Gasteiger partial charge in [-0.1, -0.05) is 12.8 Å². The lowest BCUT2D eigenvalue weighted by atomic mass is 9.95. The molecule has 0 N–H and O–H groups in total. The lowest BCUT2D eigenvalue weighted by Crippen LogP contribution is -2.42. The summed E-state index contributed by atoms with van der Waals surface area (Å²) in [4.78, 5) is 30.8. The molecule has 4 nitrogen and oxygen atoms in total. The Kier molecular flexibility index (Phi) is 5.59. The van der Waals surface area contributed by atoms with Gasteiger partial charge in [-0.05, 0) is 50.2 Å². The minimum absolute atomic E-state index is 0.0765. The van der Waals surface area contributed by atoms with Gasteiger partial charge in [-0.2, -0.15) is 0 Å². The number of amides is 2. The number of piperidine rings is 1. The van der Waals surface area contributed by atoms with Crippen LogP contribution in [-0.4, -0.2) is 48.8 Å². The molecule has 2 amide bonds. The Morgan fingerprint density at radius 2 is 1.75 bits per heavy atom. The van der Waals surface area contributed by atoms with Gasteiger partial charge in [-0.15, -0.1) is 11.3 Å². The molecule has 0 saturated carbocycles. The smallest absolute Gasteiger partial charge is 0.263 e. The molecule has 3 rings (SSSR count). The summed E-state index contributed by atoms with van der Waals surface area (Å²) < 4.78 is 0. The second-order valence-corrected chi connectivity index (χ2v) is 8.41. The van der Waals surface area contributed by atoms with Crippen LogP contribution >= 0.6 is 11.3 Å². The van der Waals surface area contributed by atoms with Gasteiger partial charge in [0, 0.05) is 38.0 Å². The van der Waals surface area contributed by atoms with E-state index in [0.717, 1.165) is 30.6 Å². The fourth-order valence-electron chi connectivity index (χ4n) is 3.80. The Morgan fingerprint density at radius 1 is 1.08 bits per heavy atom. The third-order valence-electron chi connectivity index (χ3n) is 5.28. The van der Waals surface area contributed by atoms with Crippen molar-refractivity contribution < 1.29 is 9.59 Å². The van der Waals surface area contributed by atoms with Crippen molar-refractivity contribution in [1.29, 1.82) is 0 Å². The molecule has 132 valence electrons. The Morgan fingerprint density at radius 3 is 2.42 bits per heavy atom. The zero-order valence-corrected chi connectivity index (χ0v) is 15.7. The van der Waals surface area contributed by atoms with Gasteiger partial charge < -0.3 is 9.80 Å². The van der Waals surface area contributed by atoms with Crippen LogP contribution in [0.1, 0.15) is 58.6 Å². The molecular weight excluding hydrogens is 320 g/mol. The number of fused-ring (bicyclic) bond motifs is 1. The highest BCUT2D eigenvalue weighted by atomic mass is 32.1.